The van der Waals surface area contributed by atoms with E-state index in [-0.39, 0.29) is 11.9 Å². The molecular formula is C24H27ClN2O. The zero-order chi connectivity index (χ0) is 20.1. The van der Waals surface area contributed by atoms with E-state index in [9.17, 15) is 4.79 Å². The lowest BCUT2D eigenvalue weighted by Crippen LogP contribution is -2.39. The van der Waals surface area contributed by atoms with Crippen molar-refractivity contribution in [2.75, 3.05) is 0 Å². The zero-order valence-corrected chi connectivity index (χ0v) is 17.4. The number of rotatable bonds is 7. The van der Waals surface area contributed by atoms with E-state index in [4.69, 9.17) is 11.6 Å². The lowest BCUT2D eigenvalue weighted by Gasteiger charge is -2.29. The number of hydrogen-bond donors (Lipinski definition) is 0. The maximum absolute atomic E-state index is 13.1. The van der Waals surface area contributed by atoms with Crippen LogP contribution in [0.25, 0.3) is 0 Å². The average Bonchev–Trinajstić information content (AvgIpc) is 3.12. The number of hydrogen-bond acceptors (Lipinski definition) is 1. The van der Waals surface area contributed by atoms with Crippen molar-refractivity contribution >= 4 is 17.5 Å². The lowest BCUT2D eigenvalue weighted by molar-refractivity contribution is -0.133. The summed E-state index contributed by atoms with van der Waals surface area (Å²) in [5, 5.41) is -0.677. The van der Waals surface area contributed by atoms with Crippen LogP contribution in [0.2, 0.25) is 0 Å². The summed E-state index contributed by atoms with van der Waals surface area (Å²) in [5.74, 6) is -0.0637. The molecule has 0 aliphatic rings. The fourth-order valence-corrected chi connectivity index (χ4v) is 3.62. The molecular weight excluding hydrogens is 368 g/mol. The van der Waals surface area contributed by atoms with Crippen LogP contribution in [0.1, 0.15) is 41.6 Å². The Morgan fingerprint density at radius 2 is 1.79 bits per heavy atom. The van der Waals surface area contributed by atoms with Crippen LogP contribution in [0.15, 0.2) is 72.9 Å². The molecule has 0 aliphatic heterocycles. The molecule has 146 valence electrons. The van der Waals surface area contributed by atoms with E-state index in [2.05, 4.69) is 48.0 Å². The lowest BCUT2D eigenvalue weighted by atomic mass is 10.1. The number of aryl methyl sites for hydroxylation is 1. The molecule has 28 heavy (non-hydrogen) atoms. The Morgan fingerprint density at radius 1 is 1.04 bits per heavy atom. The number of carbonyl (C=O) groups is 1. The largest absolute Gasteiger partial charge is 0.345 e. The monoisotopic (exact) mass is 394 g/mol. The Morgan fingerprint density at radius 3 is 2.46 bits per heavy atom. The molecule has 0 spiro atoms. The zero-order valence-electron chi connectivity index (χ0n) is 16.7. The number of alkyl halides is 1. The van der Waals surface area contributed by atoms with E-state index in [1.807, 2.05) is 55.1 Å². The molecule has 0 bridgehead atoms. The number of halogens is 1. The molecule has 0 radical (unpaired) electrons. The topological polar surface area (TPSA) is 25.2 Å². The number of benzene rings is 2. The summed E-state index contributed by atoms with van der Waals surface area (Å²) < 4.78 is 2.20. The molecule has 0 saturated heterocycles. The van der Waals surface area contributed by atoms with Crippen molar-refractivity contribution in [1.29, 1.82) is 0 Å². The van der Waals surface area contributed by atoms with Gasteiger partial charge in [0.05, 0.1) is 6.54 Å². The van der Waals surface area contributed by atoms with Crippen molar-refractivity contribution in [3.63, 3.8) is 0 Å². The quantitative estimate of drug-likeness (QED) is 0.481. The predicted molar refractivity (Wildman–Crippen MR) is 115 cm³/mol. The predicted octanol–water partition coefficient (Wildman–Crippen LogP) is 5.56. The average molecular weight is 395 g/mol. The molecule has 1 heterocycles. The molecule has 1 aromatic heterocycles. The summed E-state index contributed by atoms with van der Waals surface area (Å²) in [4.78, 5) is 15.0. The molecule has 3 nitrogen and oxygen atoms in total. The van der Waals surface area contributed by atoms with E-state index in [0.29, 0.717) is 6.54 Å². The summed E-state index contributed by atoms with van der Waals surface area (Å²) in [7, 11) is 0. The number of amides is 1. The first-order chi connectivity index (χ1) is 13.5. The number of aromatic nitrogens is 1. The van der Waals surface area contributed by atoms with Gasteiger partial charge in [-0.15, -0.1) is 11.6 Å². The Kier molecular flexibility index (Phi) is 6.58. The molecule has 4 heteroatoms. The highest BCUT2D eigenvalue weighted by Crippen LogP contribution is 2.25. The van der Waals surface area contributed by atoms with Crippen molar-refractivity contribution in [3.8, 4) is 0 Å². The van der Waals surface area contributed by atoms with Crippen LogP contribution < -0.4 is 0 Å². The second kappa shape index (κ2) is 9.11. The Hall–Kier alpha value is -2.52. The van der Waals surface area contributed by atoms with Gasteiger partial charge in [-0.3, -0.25) is 4.79 Å². The minimum Gasteiger partial charge on any atom is -0.345 e. The number of carbonyl (C=O) groups excluding carboxylic acids is 1. The molecule has 0 fully saturated rings. The highest BCUT2D eigenvalue weighted by Gasteiger charge is 2.26. The van der Waals surface area contributed by atoms with Gasteiger partial charge in [0.1, 0.15) is 5.38 Å². The second-order valence-electron chi connectivity index (χ2n) is 7.45. The van der Waals surface area contributed by atoms with Gasteiger partial charge in [0.2, 0.25) is 5.91 Å². The van der Waals surface area contributed by atoms with Gasteiger partial charge in [-0.05, 0) is 44.0 Å². The van der Waals surface area contributed by atoms with Crippen LogP contribution in [0.5, 0.6) is 0 Å². The molecule has 3 aromatic rings. The highest BCUT2D eigenvalue weighted by molar-refractivity contribution is 6.30. The summed E-state index contributed by atoms with van der Waals surface area (Å²) in [6, 6.07) is 22.2. The third-order valence-corrected chi connectivity index (χ3v) is 5.35. The van der Waals surface area contributed by atoms with Crippen molar-refractivity contribution < 1.29 is 4.79 Å². The van der Waals surface area contributed by atoms with E-state index in [0.717, 1.165) is 17.8 Å². The summed E-state index contributed by atoms with van der Waals surface area (Å²) >= 11 is 6.52. The van der Waals surface area contributed by atoms with Crippen LogP contribution in [0.4, 0.5) is 0 Å². The Balaban J connectivity index is 1.78. The van der Waals surface area contributed by atoms with Gasteiger partial charge < -0.3 is 9.47 Å². The van der Waals surface area contributed by atoms with Gasteiger partial charge in [-0.25, -0.2) is 0 Å². The first kappa shape index (κ1) is 20.2. The van der Waals surface area contributed by atoms with E-state index in [1.54, 1.807) is 0 Å². The summed E-state index contributed by atoms with van der Waals surface area (Å²) in [5.41, 5.74) is 4.42. The molecule has 0 unspecified atom stereocenters. The van der Waals surface area contributed by atoms with Crippen LogP contribution >= 0.6 is 11.6 Å². The van der Waals surface area contributed by atoms with Crippen LogP contribution in [0, 0.1) is 6.92 Å². The van der Waals surface area contributed by atoms with Crippen LogP contribution in [0.3, 0.4) is 0 Å². The van der Waals surface area contributed by atoms with Crippen LogP contribution in [-0.2, 0) is 17.9 Å². The minimum absolute atomic E-state index is 0.0554. The minimum atomic E-state index is -0.677. The van der Waals surface area contributed by atoms with Crippen LogP contribution in [-0.4, -0.2) is 21.4 Å². The van der Waals surface area contributed by atoms with Crippen molar-refractivity contribution in [2.45, 2.75) is 45.3 Å². The smallest absolute Gasteiger partial charge is 0.245 e. The first-order valence-electron chi connectivity index (χ1n) is 9.64. The molecule has 0 saturated carbocycles. The van der Waals surface area contributed by atoms with Crippen molar-refractivity contribution in [2.24, 2.45) is 0 Å². The van der Waals surface area contributed by atoms with Gasteiger partial charge in [-0.1, -0.05) is 60.2 Å². The van der Waals surface area contributed by atoms with E-state index < -0.39 is 5.38 Å². The fourth-order valence-electron chi connectivity index (χ4n) is 3.35. The first-order valence-corrected chi connectivity index (χ1v) is 10.1. The Bertz CT molecular complexity index is 917. The second-order valence-corrected chi connectivity index (χ2v) is 7.89. The maximum Gasteiger partial charge on any atom is 0.245 e. The Labute approximate surface area is 172 Å². The SMILES string of the molecule is Cc1cccc(Cn2cccc2CN(C(=O)[C@H](Cl)c2ccccc2)C(C)C)c1. The highest BCUT2D eigenvalue weighted by atomic mass is 35.5. The molecule has 2 aromatic carbocycles. The van der Waals surface area contributed by atoms with E-state index >= 15 is 0 Å². The molecule has 0 N–H and O–H groups in total. The molecule has 1 atom stereocenters. The van der Waals surface area contributed by atoms with Gasteiger partial charge in [0.25, 0.3) is 0 Å². The maximum atomic E-state index is 13.1. The van der Waals surface area contributed by atoms with Gasteiger partial charge in [0, 0.05) is 24.5 Å². The van der Waals surface area contributed by atoms with Gasteiger partial charge >= 0.3 is 0 Å². The fraction of sp³-hybridized carbons (Fsp3) is 0.292. The van der Waals surface area contributed by atoms with E-state index in [1.165, 1.54) is 11.1 Å². The third-order valence-electron chi connectivity index (χ3n) is 4.91. The molecule has 3 rings (SSSR count). The summed E-state index contributed by atoms with van der Waals surface area (Å²) in [6.07, 6.45) is 2.07. The molecule has 0 aliphatic carbocycles. The van der Waals surface area contributed by atoms with Gasteiger partial charge in [0.15, 0.2) is 0 Å². The van der Waals surface area contributed by atoms with Gasteiger partial charge in [-0.2, -0.15) is 0 Å². The standard InChI is InChI=1S/C24H27ClN2O/c1-18(2)27(24(28)23(25)21-11-5-4-6-12-21)17-22-13-8-14-26(22)16-20-10-7-9-19(3)15-20/h4-15,18,23H,16-17H2,1-3H3/t23-/m1/s1. The normalized spacial score (nSPS) is 12.2. The van der Waals surface area contributed by atoms with Crippen molar-refractivity contribution in [3.05, 3.63) is 95.3 Å². The number of nitrogens with zero attached hydrogens (tertiary/aromatic N) is 2. The third kappa shape index (κ3) is 4.85. The summed E-state index contributed by atoms with van der Waals surface area (Å²) in [6.45, 7) is 7.47. The molecule has 1 amide bonds. The van der Waals surface area contributed by atoms with Crippen molar-refractivity contribution in [1.82, 2.24) is 9.47 Å².